The third-order valence-corrected chi connectivity index (χ3v) is 11.1. The summed E-state index contributed by atoms with van der Waals surface area (Å²) in [6.45, 7) is 6.59. The summed E-state index contributed by atoms with van der Waals surface area (Å²) in [6.07, 6.45) is 55.6. The lowest BCUT2D eigenvalue weighted by atomic mass is 10.0. The maximum atomic E-state index is 12.7. The van der Waals surface area contributed by atoms with Crippen molar-refractivity contribution < 1.29 is 28.6 Å². The summed E-state index contributed by atoms with van der Waals surface area (Å²) >= 11 is 0. The van der Waals surface area contributed by atoms with Crippen LogP contribution < -0.4 is 0 Å². The zero-order valence-corrected chi connectivity index (χ0v) is 39.3. The molecular weight excluding hydrogens is 733 g/mol. The maximum absolute atomic E-state index is 12.7. The highest BCUT2D eigenvalue weighted by atomic mass is 16.6. The van der Waals surface area contributed by atoms with Crippen LogP contribution in [0.25, 0.3) is 0 Å². The summed E-state index contributed by atoms with van der Waals surface area (Å²) in [4.78, 5) is 37.8. The van der Waals surface area contributed by atoms with Crippen LogP contribution >= 0.6 is 0 Å². The molecule has 6 nitrogen and oxygen atoms in total. The average Bonchev–Trinajstić information content (AvgIpc) is 3.23. The van der Waals surface area contributed by atoms with Crippen LogP contribution in [0.1, 0.15) is 265 Å². The van der Waals surface area contributed by atoms with Crippen molar-refractivity contribution in [3.05, 3.63) is 36.5 Å². The summed E-state index contributed by atoms with van der Waals surface area (Å²) in [5.41, 5.74) is 0. The van der Waals surface area contributed by atoms with Gasteiger partial charge in [0, 0.05) is 19.3 Å². The van der Waals surface area contributed by atoms with Gasteiger partial charge in [-0.2, -0.15) is 0 Å². The maximum Gasteiger partial charge on any atom is 0.306 e. The van der Waals surface area contributed by atoms with Crippen LogP contribution in [0.5, 0.6) is 0 Å². The Hall–Kier alpha value is -2.37. The number of carbonyl (C=O) groups excluding carboxylic acids is 3. The normalized spacial score (nSPS) is 12.3. The van der Waals surface area contributed by atoms with Gasteiger partial charge in [0.15, 0.2) is 6.10 Å². The van der Waals surface area contributed by atoms with Gasteiger partial charge in [-0.1, -0.05) is 224 Å². The highest BCUT2D eigenvalue weighted by Gasteiger charge is 2.19. The Labute approximate surface area is 365 Å². The molecule has 344 valence electrons. The average molecular weight is 829 g/mol. The van der Waals surface area contributed by atoms with Crippen molar-refractivity contribution in [1.82, 2.24) is 0 Å². The summed E-state index contributed by atoms with van der Waals surface area (Å²) in [5, 5.41) is 0. The molecule has 0 N–H and O–H groups in total. The molecule has 0 bridgehead atoms. The smallest absolute Gasteiger partial charge is 0.306 e. The van der Waals surface area contributed by atoms with E-state index in [9.17, 15) is 14.4 Å². The van der Waals surface area contributed by atoms with E-state index < -0.39 is 6.10 Å². The molecule has 0 amide bonds. The molecule has 6 heteroatoms. The zero-order chi connectivity index (χ0) is 43.0. The molecule has 0 fully saturated rings. The highest BCUT2D eigenvalue weighted by molar-refractivity contribution is 5.71. The summed E-state index contributed by atoms with van der Waals surface area (Å²) in [5.74, 6) is -0.883. The Morgan fingerprint density at radius 1 is 0.339 bits per heavy atom. The second-order valence-corrected chi connectivity index (χ2v) is 17.1. The molecule has 1 atom stereocenters. The Balaban J connectivity index is 4.25. The number of esters is 3. The summed E-state index contributed by atoms with van der Waals surface area (Å²) < 4.78 is 16.7. The van der Waals surface area contributed by atoms with Crippen LogP contribution in [0.4, 0.5) is 0 Å². The van der Waals surface area contributed by atoms with Crippen molar-refractivity contribution in [2.45, 2.75) is 271 Å². The van der Waals surface area contributed by atoms with E-state index in [4.69, 9.17) is 14.2 Å². The Kier molecular flexibility index (Phi) is 46.4. The minimum absolute atomic E-state index is 0.0733. The molecule has 0 aromatic rings. The van der Waals surface area contributed by atoms with E-state index in [1.807, 2.05) is 0 Å². The fraction of sp³-hybridized carbons (Fsp3) is 0.830. The fourth-order valence-corrected chi connectivity index (χ4v) is 7.27. The van der Waals surface area contributed by atoms with Gasteiger partial charge in [0.05, 0.1) is 0 Å². The molecule has 0 saturated heterocycles. The van der Waals surface area contributed by atoms with Gasteiger partial charge in [-0.3, -0.25) is 14.4 Å². The zero-order valence-electron chi connectivity index (χ0n) is 39.3. The van der Waals surface area contributed by atoms with E-state index in [2.05, 4.69) is 57.2 Å². The molecule has 0 saturated carbocycles. The number of hydrogen-bond acceptors (Lipinski definition) is 6. The van der Waals surface area contributed by atoms with Gasteiger partial charge in [0.1, 0.15) is 13.2 Å². The van der Waals surface area contributed by atoms with Crippen molar-refractivity contribution in [1.29, 1.82) is 0 Å². The van der Waals surface area contributed by atoms with Gasteiger partial charge in [-0.05, 0) is 57.8 Å². The van der Waals surface area contributed by atoms with Crippen LogP contribution in [0, 0.1) is 0 Å². The van der Waals surface area contributed by atoms with Crippen LogP contribution in [-0.2, 0) is 28.6 Å². The lowest BCUT2D eigenvalue weighted by Gasteiger charge is -2.18. The van der Waals surface area contributed by atoms with E-state index in [1.54, 1.807) is 0 Å². The minimum Gasteiger partial charge on any atom is -0.462 e. The molecule has 0 aliphatic carbocycles. The van der Waals surface area contributed by atoms with Gasteiger partial charge in [0.25, 0.3) is 0 Å². The highest BCUT2D eigenvalue weighted by Crippen LogP contribution is 2.15. The predicted molar refractivity (Wildman–Crippen MR) is 252 cm³/mol. The first-order valence-corrected chi connectivity index (χ1v) is 25.5. The lowest BCUT2D eigenvalue weighted by Crippen LogP contribution is -2.30. The fourth-order valence-electron chi connectivity index (χ4n) is 7.27. The first kappa shape index (κ1) is 56.6. The van der Waals surface area contributed by atoms with Crippen molar-refractivity contribution >= 4 is 17.9 Å². The number of ether oxygens (including phenoxy) is 3. The van der Waals surface area contributed by atoms with Gasteiger partial charge in [-0.25, -0.2) is 0 Å². The van der Waals surface area contributed by atoms with E-state index in [-0.39, 0.29) is 31.1 Å². The van der Waals surface area contributed by atoms with Crippen molar-refractivity contribution in [3.8, 4) is 0 Å². The summed E-state index contributed by atoms with van der Waals surface area (Å²) in [6, 6.07) is 0. The van der Waals surface area contributed by atoms with Crippen LogP contribution in [0.15, 0.2) is 36.5 Å². The molecule has 0 radical (unpaired) electrons. The second kappa shape index (κ2) is 48.3. The molecule has 0 spiro atoms. The van der Waals surface area contributed by atoms with Crippen molar-refractivity contribution in [2.75, 3.05) is 13.2 Å². The van der Waals surface area contributed by atoms with Crippen LogP contribution in [0.3, 0.4) is 0 Å². The first-order chi connectivity index (χ1) is 29.0. The number of allylic oxidation sites excluding steroid dienone is 6. The predicted octanol–water partition coefficient (Wildman–Crippen LogP) is 16.5. The summed E-state index contributed by atoms with van der Waals surface area (Å²) in [7, 11) is 0. The largest absolute Gasteiger partial charge is 0.462 e. The molecule has 0 heterocycles. The van der Waals surface area contributed by atoms with Gasteiger partial charge < -0.3 is 14.2 Å². The molecule has 0 aliphatic rings. The monoisotopic (exact) mass is 829 g/mol. The van der Waals surface area contributed by atoms with Crippen LogP contribution in [0.2, 0.25) is 0 Å². The molecule has 59 heavy (non-hydrogen) atoms. The van der Waals surface area contributed by atoms with E-state index in [1.165, 1.54) is 148 Å². The standard InChI is InChI=1S/C53H96O6/c1-4-7-10-13-16-19-21-23-24-25-26-27-28-29-30-31-33-34-37-40-43-46-52(55)58-49-50(48-57-51(54)45-42-39-36-18-15-12-9-6-3)59-53(56)47-44-41-38-35-32-22-20-17-14-11-8-5-2/h21,23,25-26,28-29,50H,4-20,22,24,27,30-49H2,1-3H3/b23-21-,26-25-,29-28-. The van der Waals surface area contributed by atoms with Gasteiger partial charge >= 0.3 is 17.9 Å². The van der Waals surface area contributed by atoms with Gasteiger partial charge in [-0.15, -0.1) is 0 Å². The molecule has 0 aromatic heterocycles. The van der Waals surface area contributed by atoms with E-state index in [0.29, 0.717) is 19.3 Å². The van der Waals surface area contributed by atoms with E-state index in [0.717, 1.165) is 77.0 Å². The first-order valence-electron chi connectivity index (χ1n) is 25.5. The van der Waals surface area contributed by atoms with Crippen molar-refractivity contribution in [3.63, 3.8) is 0 Å². The van der Waals surface area contributed by atoms with Gasteiger partial charge in [0.2, 0.25) is 0 Å². The number of carbonyl (C=O) groups is 3. The Bertz CT molecular complexity index is 1000. The quantitative estimate of drug-likeness (QED) is 0.0263. The molecule has 0 rings (SSSR count). The third-order valence-electron chi connectivity index (χ3n) is 11.1. The number of rotatable bonds is 46. The third kappa shape index (κ3) is 46.5. The molecule has 0 aromatic carbocycles. The molecular formula is C53H96O6. The SMILES string of the molecule is CCCCCCC/C=C\C/C=C\C/C=C\CCCCCCCCC(=O)OCC(COC(=O)CCCCCCCCCC)OC(=O)CCCCCCCCCCCCCC. The molecule has 0 aliphatic heterocycles. The lowest BCUT2D eigenvalue weighted by molar-refractivity contribution is -0.167. The Morgan fingerprint density at radius 2 is 0.610 bits per heavy atom. The minimum atomic E-state index is -0.770. The number of hydrogen-bond donors (Lipinski definition) is 0. The Morgan fingerprint density at radius 3 is 0.949 bits per heavy atom. The van der Waals surface area contributed by atoms with Crippen molar-refractivity contribution in [2.24, 2.45) is 0 Å². The number of unbranched alkanes of at least 4 members (excludes halogenated alkanes) is 29. The topological polar surface area (TPSA) is 78.9 Å². The molecule has 1 unspecified atom stereocenters. The second-order valence-electron chi connectivity index (χ2n) is 17.1. The van der Waals surface area contributed by atoms with Crippen LogP contribution in [-0.4, -0.2) is 37.2 Å². The van der Waals surface area contributed by atoms with E-state index >= 15 is 0 Å².